The number of nitrogens with one attached hydrogen (secondary N) is 2. The molecule has 4 heterocycles. The topological polar surface area (TPSA) is 119 Å². The normalized spacial score (nSPS) is 15.4. The molecular formula is C24H28FN7O4. The number of methoxy groups -OCH3 is 1. The first kappa shape index (κ1) is 24.1. The number of nitrogens with zero attached hydrogens (tertiary/aromatic N) is 5. The van der Waals surface area contributed by atoms with Crippen LogP contribution in [0, 0.1) is 5.82 Å². The summed E-state index contributed by atoms with van der Waals surface area (Å²) in [6.07, 6.45) is 2.51. The van der Waals surface area contributed by atoms with E-state index in [0.717, 1.165) is 25.0 Å². The zero-order valence-electron chi connectivity index (χ0n) is 20.2. The summed E-state index contributed by atoms with van der Waals surface area (Å²) in [7, 11) is 1.56. The van der Waals surface area contributed by atoms with Gasteiger partial charge in [-0.25, -0.2) is 19.2 Å². The van der Waals surface area contributed by atoms with Gasteiger partial charge in [0.05, 0.1) is 44.1 Å². The second kappa shape index (κ2) is 10.6. The maximum atomic E-state index is 14.1. The summed E-state index contributed by atoms with van der Waals surface area (Å²) in [5.74, 6) is -0.0956. The molecule has 190 valence electrons. The van der Waals surface area contributed by atoms with Crippen molar-refractivity contribution in [2.45, 2.75) is 19.5 Å². The average Bonchev–Trinajstić information content (AvgIpc) is 3.44. The van der Waals surface area contributed by atoms with E-state index in [2.05, 4.69) is 25.2 Å². The average molecular weight is 498 g/mol. The van der Waals surface area contributed by atoms with Gasteiger partial charge in [0.15, 0.2) is 16.9 Å². The Bertz CT molecular complexity index is 1370. The standard InChI is InChI=1S/C24H28FN7O4/c1-15(14-34-2)28-24(33)36-20-13-27-23-22(20)29-18(12-26-23)21-17-4-3-16(25)11-19(17)32(30-21)6-5-31-7-9-35-10-8-31/h3-4,11-13,15H,5-10,14H2,1-2H3,(H,26,27)(H,28,33)/t15-/m0/s1. The number of hydrogen-bond acceptors (Lipinski definition) is 8. The number of halogens is 1. The van der Waals surface area contributed by atoms with E-state index >= 15 is 0 Å². The maximum absolute atomic E-state index is 14.1. The SMILES string of the molecule is COC[C@H](C)NC(=O)Oc1c[nH]c2ncc(-c3nn(CCN4CCOCC4)c4cc(F)ccc34)nc12. The molecule has 0 unspecified atom stereocenters. The summed E-state index contributed by atoms with van der Waals surface area (Å²) in [5, 5.41) is 8.23. The van der Waals surface area contributed by atoms with Gasteiger partial charge >= 0.3 is 6.09 Å². The Morgan fingerprint density at radius 2 is 2.14 bits per heavy atom. The van der Waals surface area contributed by atoms with Crippen LogP contribution in [0.3, 0.4) is 0 Å². The molecule has 0 aliphatic carbocycles. The highest BCUT2D eigenvalue weighted by Crippen LogP contribution is 2.30. The molecule has 5 rings (SSSR count). The van der Waals surface area contributed by atoms with E-state index in [4.69, 9.17) is 19.3 Å². The Balaban J connectivity index is 1.44. The minimum atomic E-state index is -0.624. The molecule has 12 heteroatoms. The van der Waals surface area contributed by atoms with Crippen LogP contribution < -0.4 is 10.1 Å². The van der Waals surface area contributed by atoms with Gasteiger partial charge in [-0.1, -0.05) is 0 Å². The predicted molar refractivity (Wildman–Crippen MR) is 130 cm³/mol. The van der Waals surface area contributed by atoms with E-state index in [9.17, 15) is 9.18 Å². The van der Waals surface area contributed by atoms with E-state index in [-0.39, 0.29) is 17.6 Å². The van der Waals surface area contributed by atoms with Crippen molar-refractivity contribution in [1.82, 2.24) is 34.9 Å². The molecule has 0 radical (unpaired) electrons. The van der Waals surface area contributed by atoms with Crippen LogP contribution in [0.4, 0.5) is 9.18 Å². The second-order valence-corrected chi connectivity index (χ2v) is 8.68. The minimum absolute atomic E-state index is 0.220. The van der Waals surface area contributed by atoms with Crippen molar-refractivity contribution in [2.75, 3.05) is 46.6 Å². The van der Waals surface area contributed by atoms with Gasteiger partial charge in [0.2, 0.25) is 0 Å². The Morgan fingerprint density at radius 3 is 2.94 bits per heavy atom. The first-order valence-electron chi connectivity index (χ1n) is 11.8. The summed E-state index contributed by atoms with van der Waals surface area (Å²) in [6.45, 7) is 6.66. The molecule has 1 aliphatic rings. The van der Waals surface area contributed by atoms with Crippen molar-refractivity contribution >= 4 is 28.2 Å². The fourth-order valence-corrected chi connectivity index (χ4v) is 4.25. The summed E-state index contributed by atoms with van der Waals surface area (Å²) in [4.78, 5) is 26.7. The van der Waals surface area contributed by atoms with E-state index in [1.807, 2.05) is 0 Å². The van der Waals surface area contributed by atoms with E-state index in [1.54, 1.807) is 31.0 Å². The highest BCUT2D eigenvalue weighted by Gasteiger charge is 2.19. The van der Waals surface area contributed by atoms with Crippen LogP contribution in [0.5, 0.6) is 5.75 Å². The molecule has 0 bridgehead atoms. The van der Waals surface area contributed by atoms with Crippen molar-refractivity contribution in [3.8, 4) is 17.1 Å². The molecule has 4 aromatic rings. The Morgan fingerprint density at radius 1 is 1.31 bits per heavy atom. The smallest absolute Gasteiger partial charge is 0.406 e. The van der Waals surface area contributed by atoms with Crippen LogP contribution in [0.25, 0.3) is 33.5 Å². The fourth-order valence-electron chi connectivity index (χ4n) is 4.25. The van der Waals surface area contributed by atoms with Gasteiger partial charge in [-0.2, -0.15) is 5.10 Å². The highest BCUT2D eigenvalue weighted by atomic mass is 19.1. The molecule has 0 spiro atoms. The molecule has 1 amide bonds. The lowest BCUT2D eigenvalue weighted by molar-refractivity contribution is 0.0361. The van der Waals surface area contributed by atoms with Crippen molar-refractivity contribution < 1.29 is 23.4 Å². The first-order valence-corrected chi connectivity index (χ1v) is 11.8. The highest BCUT2D eigenvalue weighted by molar-refractivity contribution is 5.93. The number of morpholine rings is 1. The third kappa shape index (κ3) is 5.15. The molecule has 2 N–H and O–H groups in total. The second-order valence-electron chi connectivity index (χ2n) is 8.68. The quantitative estimate of drug-likeness (QED) is 0.381. The van der Waals surface area contributed by atoms with Crippen molar-refractivity contribution in [3.05, 3.63) is 36.4 Å². The van der Waals surface area contributed by atoms with Crippen molar-refractivity contribution in [1.29, 1.82) is 0 Å². The Kier molecular flexibility index (Phi) is 7.07. The van der Waals surface area contributed by atoms with Crippen LogP contribution in [0.15, 0.2) is 30.6 Å². The summed E-state index contributed by atoms with van der Waals surface area (Å²) in [6, 6.07) is 4.36. The molecule has 11 nitrogen and oxygen atoms in total. The summed E-state index contributed by atoms with van der Waals surface area (Å²) < 4.78 is 31.9. The molecule has 0 saturated carbocycles. The largest absolute Gasteiger partial charge is 0.413 e. The Hall–Kier alpha value is -3.61. The molecule has 1 aliphatic heterocycles. The molecule has 1 atom stereocenters. The molecule has 36 heavy (non-hydrogen) atoms. The van der Waals surface area contributed by atoms with Crippen molar-refractivity contribution in [2.24, 2.45) is 0 Å². The van der Waals surface area contributed by atoms with Crippen LogP contribution in [-0.2, 0) is 16.0 Å². The number of hydrogen-bond donors (Lipinski definition) is 2. The fraction of sp³-hybridized carbons (Fsp3) is 0.417. The van der Waals surface area contributed by atoms with Gasteiger partial charge in [-0.15, -0.1) is 0 Å². The van der Waals surface area contributed by atoms with E-state index < -0.39 is 6.09 Å². The predicted octanol–water partition coefficient (Wildman–Crippen LogP) is 2.57. The lowest BCUT2D eigenvalue weighted by Crippen LogP contribution is -2.38. The van der Waals surface area contributed by atoms with Gasteiger partial charge in [-0.3, -0.25) is 9.58 Å². The zero-order chi connectivity index (χ0) is 25.1. The lowest BCUT2D eigenvalue weighted by Gasteiger charge is -2.26. The molecule has 3 aromatic heterocycles. The molecule has 1 fully saturated rings. The molecule has 1 aromatic carbocycles. The molecular weight excluding hydrogens is 469 g/mol. The number of benzene rings is 1. The van der Waals surface area contributed by atoms with Crippen LogP contribution in [-0.4, -0.2) is 88.3 Å². The number of amides is 1. The number of aromatic nitrogens is 5. The van der Waals surface area contributed by atoms with Gasteiger partial charge in [-0.05, 0) is 25.1 Å². The van der Waals surface area contributed by atoms with Crippen LogP contribution >= 0.6 is 0 Å². The maximum Gasteiger partial charge on any atom is 0.413 e. The number of fused-ring (bicyclic) bond motifs is 2. The van der Waals surface area contributed by atoms with E-state index in [1.165, 1.54) is 18.3 Å². The zero-order valence-corrected chi connectivity index (χ0v) is 20.2. The summed E-state index contributed by atoms with van der Waals surface area (Å²) >= 11 is 0. The van der Waals surface area contributed by atoms with Gasteiger partial charge < -0.3 is 24.5 Å². The van der Waals surface area contributed by atoms with Gasteiger partial charge in [0.1, 0.15) is 17.2 Å². The minimum Gasteiger partial charge on any atom is -0.406 e. The Labute approximate surface area is 206 Å². The third-order valence-electron chi connectivity index (χ3n) is 6.02. The number of carbonyl (C=O) groups is 1. The number of H-pyrrole nitrogens is 1. The van der Waals surface area contributed by atoms with Crippen molar-refractivity contribution in [3.63, 3.8) is 0 Å². The number of rotatable bonds is 8. The van der Waals surface area contributed by atoms with Gasteiger partial charge in [0, 0.05) is 38.3 Å². The number of ether oxygens (including phenoxy) is 3. The third-order valence-corrected chi connectivity index (χ3v) is 6.02. The summed E-state index contributed by atoms with van der Waals surface area (Å²) in [5.41, 5.74) is 2.60. The number of aromatic amines is 1. The monoisotopic (exact) mass is 497 g/mol. The first-order chi connectivity index (χ1) is 17.5. The number of carbonyl (C=O) groups excluding carboxylic acids is 1. The lowest BCUT2D eigenvalue weighted by atomic mass is 10.1. The van der Waals surface area contributed by atoms with Crippen LogP contribution in [0.1, 0.15) is 6.92 Å². The van der Waals surface area contributed by atoms with Crippen LogP contribution in [0.2, 0.25) is 0 Å². The van der Waals surface area contributed by atoms with Gasteiger partial charge in [0.25, 0.3) is 0 Å². The molecule has 1 saturated heterocycles. The van der Waals surface area contributed by atoms with E-state index in [0.29, 0.717) is 54.4 Å².